The average Bonchev–Trinajstić information content (AvgIpc) is 2.11. The number of hydrogen-bond donors (Lipinski definition) is 0. The molecule has 0 aromatic carbocycles. The van der Waals surface area contributed by atoms with Gasteiger partial charge in [0.05, 0.1) is 0 Å². The first-order valence-electron chi connectivity index (χ1n) is 5.48. The number of nitrogens with zero attached hydrogens (tertiary/aromatic N) is 2. The zero-order chi connectivity index (χ0) is 14.1. The molecule has 0 heterocycles. The molecule has 0 aliphatic rings. The van der Waals surface area contributed by atoms with Crippen LogP contribution in [-0.2, 0) is 47.6 Å². The quantitative estimate of drug-likeness (QED) is 0.512. The fraction of sp³-hybridized carbons (Fsp3) is 1.00. The van der Waals surface area contributed by atoms with E-state index in [1.165, 1.54) is 0 Å². The minimum absolute atomic E-state index is 0.0496. The van der Waals surface area contributed by atoms with Gasteiger partial charge in [-0.05, 0) is 20.1 Å². The Bertz CT molecular complexity index is 193. The molecule has 102 valence electrons. The third kappa shape index (κ3) is 19.6. The fourth-order valence-electron chi connectivity index (χ4n) is 1.32. The topological polar surface area (TPSA) is 34.4 Å². The zero-order valence-electron chi connectivity index (χ0n) is 11.3. The molecule has 0 aromatic rings. The molecule has 0 aliphatic carbocycles. The van der Waals surface area contributed by atoms with Crippen molar-refractivity contribution in [3.05, 3.63) is 5.32 Å². The second kappa shape index (κ2) is 9.93. The molecule has 0 spiro atoms. The maximum atomic E-state index is 8.22. The van der Waals surface area contributed by atoms with E-state index in [0.717, 1.165) is 45.0 Å². The molecule has 0 saturated carbocycles. The zero-order valence-corrected chi connectivity index (χ0v) is 14.8. The first-order chi connectivity index (χ1) is 7.60. The van der Waals surface area contributed by atoms with Gasteiger partial charge in [0.1, 0.15) is 0 Å². The summed E-state index contributed by atoms with van der Waals surface area (Å²) in [6.45, 7) is 11.7. The van der Waals surface area contributed by atoms with E-state index in [0.29, 0.717) is 0 Å². The van der Waals surface area contributed by atoms with E-state index in [2.05, 4.69) is 31.1 Å². The Morgan fingerprint density at radius 1 is 1.12 bits per heavy atom. The Balaban J connectivity index is 0. The number of likely N-dealkylation sites (N-methyl/N-ethyl adjacent to an activating group) is 1. The van der Waals surface area contributed by atoms with Crippen LogP contribution >= 0.6 is 0 Å². The van der Waals surface area contributed by atoms with Gasteiger partial charge in [0, 0.05) is 0 Å². The van der Waals surface area contributed by atoms with E-state index in [9.17, 15) is 0 Å². The average molecular weight is 361 g/mol. The third-order valence-electron chi connectivity index (χ3n) is 1.78. The van der Waals surface area contributed by atoms with E-state index in [-0.39, 0.29) is 9.49 Å². The third-order valence-corrected chi connectivity index (χ3v) is 2.04. The molecule has 3 nitrogen and oxygen atoms in total. The van der Waals surface area contributed by atoms with Crippen LogP contribution in [0.1, 0.15) is 27.7 Å². The van der Waals surface area contributed by atoms with Crippen molar-refractivity contribution in [2.75, 3.05) is 33.2 Å². The summed E-state index contributed by atoms with van der Waals surface area (Å²) in [5.41, 5.74) is 0. The van der Waals surface area contributed by atoms with Gasteiger partial charge in [-0.3, -0.25) is 0 Å². The Labute approximate surface area is 128 Å². The molecule has 0 radical (unpaired) electrons. The van der Waals surface area contributed by atoms with Crippen LogP contribution in [-0.4, -0.2) is 47.6 Å². The molecule has 0 N–H and O–H groups in total. The van der Waals surface area contributed by atoms with Crippen LogP contribution in [0.2, 0.25) is 0 Å². The Hall–Kier alpha value is 1.07. The van der Waals surface area contributed by atoms with Gasteiger partial charge in [-0.15, -0.1) is 11.3 Å². The summed E-state index contributed by atoms with van der Waals surface area (Å²) in [4.78, 5) is 2.23. The Kier molecular flexibility index (Phi) is 11.9. The summed E-state index contributed by atoms with van der Waals surface area (Å²) in [6, 6.07) is 0. The van der Waals surface area contributed by atoms with Crippen molar-refractivity contribution in [1.82, 2.24) is 4.90 Å². The fourth-order valence-corrected chi connectivity index (χ4v) is 1.63. The summed E-state index contributed by atoms with van der Waals surface area (Å²) >= 11 is 11.4. The molecule has 0 saturated heterocycles. The van der Waals surface area contributed by atoms with Crippen molar-refractivity contribution < 1.29 is 22.4 Å². The van der Waals surface area contributed by atoms with Crippen molar-refractivity contribution in [2.45, 2.75) is 37.2 Å². The van der Waals surface area contributed by atoms with Gasteiger partial charge in [0.25, 0.3) is 0 Å². The van der Waals surface area contributed by atoms with Crippen LogP contribution in [0.25, 0.3) is 5.32 Å². The summed E-state index contributed by atoms with van der Waals surface area (Å²) in [5, 5.41) is 4.43. The molecule has 0 rings (SSSR count). The van der Waals surface area contributed by atoms with Crippen LogP contribution in [0, 0.1) is 0 Å². The molecule has 0 bridgehead atoms. The first kappa shape index (κ1) is 20.4. The van der Waals surface area contributed by atoms with Crippen LogP contribution < -0.4 is 0 Å². The number of rotatable bonds is 7. The molecular weight excluding hydrogens is 338 g/mol. The number of hydrogen-bond acceptors (Lipinski definition) is 4. The van der Waals surface area contributed by atoms with Gasteiger partial charge in [-0.1, -0.05) is 27.7 Å². The van der Waals surface area contributed by atoms with E-state index < -0.39 is 0 Å². The van der Waals surface area contributed by atoms with Crippen molar-refractivity contribution in [3.8, 4) is 0 Å². The van der Waals surface area contributed by atoms with Gasteiger partial charge in [0.2, 0.25) is 0 Å². The van der Waals surface area contributed by atoms with Crippen LogP contribution in [0.5, 0.6) is 0 Å². The van der Waals surface area contributed by atoms with E-state index >= 15 is 0 Å². The molecule has 0 aromatic heterocycles. The van der Waals surface area contributed by atoms with Gasteiger partial charge in [-0.2, -0.15) is 11.3 Å². The van der Waals surface area contributed by atoms with E-state index in [1.54, 1.807) is 0 Å². The Morgan fingerprint density at radius 2 is 1.59 bits per heavy atom. The molecular formula is C11H23N2OS2Tc. The summed E-state index contributed by atoms with van der Waals surface area (Å²) < 4.78 is 8.07. The van der Waals surface area contributed by atoms with Crippen molar-refractivity contribution >= 4 is 25.3 Å². The molecule has 0 atom stereocenters. The molecule has 0 unspecified atom stereocenters. The predicted molar refractivity (Wildman–Crippen MR) is 74.2 cm³/mol. The van der Waals surface area contributed by atoms with Crippen LogP contribution in [0.3, 0.4) is 0 Å². The van der Waals surface area contributed by atoms with Crippen molar-refractivity contribution in [3.63, 3.8) is 0 Å². The van der Waals surface area contributed by atoms with Gasteiger partial charge in [-0.25, -0.2) is 0 Å². The monoisotopic (exact) mass is 360 g/mol. The predicted octanol–water partition coefficient (Wildman–Crippen LogP) is 1.82. The van der Waals surface area contributed by atoms with Gasteiger partial charge >= 0.3 is 22.4 Å². The summed E-state index contributed by atoms with van der Waals surface area (Å²) in [7, 11) is 2.09. The van der Waals surface area contributed by atoms with Gasteiger partial charge in [0.15, 0.2) is 0 Å². The normalized spacial score (nSPS) is 12.2. The second-order valence-corrected chi connectivity index (χ2v) is 7.57. The standard InChI is InChI=1S/C11H25N2S2.O.Tc/c1-10(2,14)8-12-6-7-13(5)9-11(3,4)15;;/h14-15H,6-9H2,1-5H3;;/q-1;;+3/p-2. The van der Waals surface area contributed by atoms with E-state index in [1.807, 2.05) is 13.8 Å². The molecule has 17 heavy (non-hydrogen) atoms. The second-order valence-electron chi connectivity index (χ2n) is 5.36. The summed E-state index contributed by atoms with van der Waals surface area (Å²) in [6.07, 6.45) is 0. The van der Waals surface area contributed by atoms with Crippen LogP contribution in [0.4, 0.5) is 0 Å². The first-order valence-corrected chi connectivity index (χ1v) is 7.06. The molecule has 6 heteroatoms. The Morgan fingerprint density at radius 3 is 1.94 bits per heavy atom. The van der Waals surface area contributed by atoms with Crippen molar-refractivity contribution in [2.24, 2.45) is 0 Å². The van der Waals surface area contributed by atoms with Gasteiger partial charge < -0.3 is 35.5 Å². The summed E-state index contributed by atoms with van der Waals surface area (Å²) in [5.74, 6) is 0. The maximum absolute atomic E-state index is 8.22. The molecule has 0 fully saturated rings. The molecule has 0 aliphatic heterocycles. The minimum atomic E-state index is -0.101. The SMILES string of the molecule is CN(CC[N-]CC(C)(C)[S-])CC(C)(C)[S-].[O]=[Tc+3]. The van der Waals surface area contributed by atoms with Crippen molar-refractivity contribution in [1.29, 1.82) is 0 Å². The van der Waals surface area contributed by atoms with E-state index in [4.69, 9.17) is 28.8 Å². The van der Waals surface area contributed by atoms with Crippen LogP contribution in [0.15, 0.2) is 0 Å². The molecule has 0 amide bonds.